The van der Waals surface area contributed by atoms with Crippen molar-refractivity contribution in [3.8, 4) is 28.5 Å². The first-order valence-corrected chi connectivity index (χ1v) is 8.91. The van der Waals surface area contributed by atoms with E-state index in [1.807, 2.05) is 26.0 Å². The normalized spacial score (nSPS) is 10.6. The maximum atomic E-state index is 12.4. The van der Waals surface area contributed by atoms with Crippen LogP contribution in [0.1, 0.15) is 16.7 Å². The van der Waals surface area contributed by atoms with Gasteiger partial charge >= 0.3 is 0 Å². The molecule has 0 unspecified atom stereocenters. The summed E-state index contributed by atoms with van der Waals surface area (Å²) in [6.07, 6.45) is 0. The van der Waals surface area contributed by atoms with Crippen molar-refractivity contribution in [2.45, 2.75) is 20.4 Å². The van der Waals surface area contributed by atoms with E-state index in [0.717, 1.165) is 22.3 Å². The maximum absolute atomic E-state index is 12.4. The van der Waals surface area contributed by atoms with E-state index in [1.54, 1.807) is 27.4 Å². The number of aromatic nitrogens is 2. The third-order valence-corrected chi connectivity index (χ3v) is 4.65. The number of hydrogen-bond acceptors (Lipinski definition) is 5. The molecule has 1 heterocycles. The first kappa shape index (κ1) is 19.5. The summed E-state index contributed by atoms with van der Waals surface area (Å²) < 4.78 is 17.7. The molecule has 0 amide bonds. The monoisotopic (exact) mass is 380 g/mol. The molecule has 0 atom stereocenters. The SMILES string of the molecule is COc1cc(-c2ccc(=O)n(Cc3cc(C)ccc3C)n2)cc(OC)c1OC. The fraction of sp³-hybridized carbons (Fsp3) is 0.273. The van der Waals surface area contributed by atoms with Gasteiger partial charge in [0.15, 0.2) is 11.5 Å². The molecular formula is C22H24N2O4. The van der Waals surface area contributed by atoms with Gasteiger partial charge in [0, 0.05) is 11.6 Å². The van der Waals surface area contributed by atoms with Gasteiger partial charge in [-0.1, -0.05) is 23.8 Å². The van der Waals surface area contributed by atoms with E-state index in [2.05, 4.69) is 23.3 Å². The maximum Gasteiger partial charge on any atom is 0.267 e. The first-order valence-electron chi connectivity index (χ1n) is 8.91. The Morgan fingerprint density at radius 2 is 1.57 bits per heavy atom. The highest BCUT2D eigenvalue weighted by molar-refractivity contribution is 5.68. The predicted octanol–water partition coefficient (Wildman–Crippen LogP) is 3.60. The summed E-state index contributed by atoms with van der Waals surface area (Å²) >= 11 is 0. The summed E-state index contributed by atoms with van der Waals surface area (Å²) in [5.74, 6) is 1.58. The molecule has 6 nitrogen and oxygen atoms in total. The van der Waals surface area contributed by atoms with Gasteiger partial charge in [-0.15, -0.1) is 0 Å². The average Bonchev–Trinajstić information content (AvgIpc) is 2.71. The van der Waals surface area contributed by atoms with Crippen molar-refractivity contribution >= 4 is 0 Å². The Labute approximate surface area is 164 Å². The topological polar surface area (TPSA) is 62.6 Å². The molecule has 2 aromatic carbocycles. The Morgan fingerprint density at radius 1 is 0.893 bits per heavy atom. The van der Waals surface area contributed by atoms with Crippen LogP contribution in [0.15, 0.2) is 47.3 Å². The van der Waals surface area contributed by atoms with Gasteiger partial charge in [-0.25, -0.2) is 4.68 Å². The molecule has 0 N–H and O–H groups in total. The minimum atomic E-state index is -0.155. The van der Waals surface area contributed by atoms with E-state index < -0.39 is 0 Å². The molecule has 0 bridgehead atoms. The van der Waals surface area contributed by atoms with Gasteiger partial charge in [0.1, 0.15) is 0 Å². The van der Waals surface area contributed by atoms with Crippen molar-refractivity contribution < 1.29 is 14.2 Å². The number of nitrogens with zero attached hydrogens (tertiary/aromatic N) is 2. The summed E-state index contributed by atoms with van der Waals surface area (Å²) in [4.78, 5) is 12.4. The van der Waals surface area contributed by atoms with E-state index in [1.165, 1.54) is 10.7 Å². The molecule has 6 heteroatoms. The fourth-order valence-electron chi connectivity index (χ4n) is 3.08. The van der Waals surface area contributed by atoms with Gasteiger partial charge in [-0.2, -0.15) is 5.10 Å². The minimum absolute atomic E-state index is 0.155. The van der Waals surface area contributed by atoms with E-state index in [9.17, 15) is 4.79 Å². The zero-order chi connectivity index (χ0) is 20.3. The molecule has 0 saturated heterocycles. The lowest BCUT2D eigenvalue weighted by Gasteiger charge is -2.14. The van der Waals surface area contributed by atoms with Crippen LogP contribution in [0, 0.1) is 13.8 Å². The zero-order valence-electron chi connectivity index (χ0n) is 16.8. The Balaban J connectivity index is 2.06. The highest BCUT2D eigenvalue weighted by atomic mass is 16.5. The molecule has 3 rings (SSSR count). The largest absolute Gasteiger partial charge is 0.493 e. The van der Waals surface area contributed by atoms with E-state index in [0.29, 0.717) is 29.5 Å². The van der Waals surface area contributed by atoms with Crippen molar-refractivity contribution in [2.75, 3.05) is 21.3 Å². The molecular weight excluding hydrogens is 356 g/mol. The van der Waals surface area contributed by atoms with Crippen LogP contribution in [0.2, 0.25) is 0 Å². The summed E-state index contributed by atoms with van der Waals surface area (Å²) in [5, 5.41) is 4.57. The van der Waals surface area contributed by atoms with Gasteiger partial charge in [-0.05, 0) is 43.2 Å². The summed E-state index contributed by atoms with van der Waals surface area (Å²) in [6, 6.07) is 13.0. The summed E-state index contributed by atoms with van der Waals surface area (Å²) in [6.45, 7) is 4.47. The van der Waals surface area contributed by atoms with E-state index >= 15 is 0 Å². The lowest BCUT2D eigenvalue weighted by atomic mass is 10.1. The number of ether oxygens (including phenoxy) is 3. The van der Waals surface area contributed by atoms with Gasteiger partial charge < -0.3 is 14.2 Å². The second-order valence-electron chi connectivity index (χ2n) is 6.56. The second kappa shape index (κ2) is 8.17. The molecule has 0 radical (unpaired) electrons. The van der Waals surface area contributed by atoms with Crippen LogP contribution in [-0.4, -0.2) is 31.1 Å². The Kier molecular flexibility index (Phi) is 5.68. The van der Waals surface area contributed by atoms with Crippen molar-refractivity contribution in [2.24, 2.45) is 0 Å². The Morgan fingerprint density at radius 3 is 2.18 bits per heavy atom. The number of methoxy groups -OCH3 is 3. The van der Waals surface area contributed by atoms with Gasteiger partial charge in [0.05, 0.1) is 33.6 Å². The molecule has 0 aliphatic rings. The molecule has 0 spiro atoms. The van der Waals surface area contributed by atoms with E-state index in [4.69, 9.17) is 14.2 Å². The molecule has 28 heavy (non-hydrogen) atoms. The average molecular weight is 380 g/mol. The summed E-state index contributed by atoms with van der Waals surface area (Å²) in [7, 11) is 4.69. The minimum Gasteiger partial charge on any atom is -0.493 e. The first-order chi connectivity index (χ1) is 13.5. The standard InChI is InChI=1S/C22H24N2O4/c1-14-6-7-15(2)17(10-14)13-24-21(25)9-8-18(23-24)16-11-19(26-3)22(28-5)20(12-16)27-4/h6-12H,13H2,1-5H3. The quantitative estimate of drug-likeness (QED) is 0.654. The van der Waals surface area contributed by atoms with Crippen LogP contribution in [0.3, 0.4) is 0 Å². The molecule has 1 aromatic heterocycles. The van der Waals surface area contributed by atoms with Crippen molar-refractivity contribution in [3.05, 3.63) is 69.5 Å². The lowest BCUT2D eigenvalue weighted by Crippen LogP contribution is -2.23. The van der Waals surface area contributed by atoms with Crippen LogP contribution in [0.25, 0.3) is 11.3 Å². The van der Waals surface area contributed by atoms with Crippen LogP contribution in [-0.2, 0) is 6.54 Å². The number of hydrogen-bond donors (Lipinski definition) is 0. The van der Waals surface area contributed by atoms with Gasteiger partial charge in [0.2, 0.25) is 5.75 Å². The highest BCUT2D eigenvalue weighted by Crippen LogP contribution is 2.40. The van der Waals surface area contributed by atoms with Crippen LogP contribution in [0.5, 0.6) is 17.2 Å². The zero-order valence-corrected chi connectivity index (χ0v) is 16.8. The van der Waals surface area contributed by atoms with Crippen LogP contribution in [0.4, 0.5) is 0 Å². The van der Waals surface area contributed by atoms with Crippen molar-refractivity contribution in [1.29, 1.82) is 0 Å². The molecule has 0 aliphatic heterocycles. The van der Waals surface area contributed by atoms with Gasteiger partial charge in [-0.3, -0.25) is 4.79 Å². The van der Waals surface area contributed by atoms with Crippen LogP contribution < -0.4 is 19.8 Å². The molecule has 3 aromatic rings. The Hall–Kier alpha value is -3.28. The number of rotatable bonds is 6. The van der Waals surface area contributed by atoms with Gasteiger partial charge in [0.25, 0.3) is 5.56 Å². The fourth-order valence-corrected chi connectivity index (χ4v) is 3.08. The molecule has 0 aliphatic carbocycles. The molecule has 146 valence electrons. The summed E-state index contributed by atoms with van der Waals surface area (Å²) in [5.41, 5.74) is 4.59. The van der Waals surface area contributed by atoms with E-state index in [-0.39, 0.29) is 5.56 Å². The highest BCUT2D eigenvalue weighted by Gasteiger charge is 2.15. The third kappa shape index (κ3) is 3.86. The molecule has 0 fully saturated rings. The third-order valence-electron chi connectivity index (χ3n) is 4.65. The number of aryl methyl sites for hydroxylation is 2. The van der Waals surface area contributed by atoms with Crippen molar-refractivity contribution in [3.63, 3.8) is 0 Å². The van der Waals surface area contributed by atoms with Crippen molar-refractivity contribution in [1.82, 2.24) is 9.78 Å². The molecule has 0 saturated carbocycles. The second-order valence-corrected chi connectivity index (χ2v) is 6.56. The Bertz CT molecular complexity index is 1030. The number of benzene rings is 2. The lowest BCUT2D eigenvalue weighted by molar-refractivity contribution is 0.324. The smallest absolute Gasteiger partial charge is 0.267 e. The predicted molar refractivity (Wildman–Crippen MR) is 109 cm³/mol. The van der Waals surface area contributed by atoms with Crippen LogP contribution >= 0.6 is 0 Å².